The monoisotopic (exact) mass is 499 g/mol. The first-order valence-electron chi connectivity index (χ1n) is 11.0. The van der Waals surface area contributed by atoms with Crippen LogP contribution in [0.5, 0.6) is 0 Å². The van der Waals surface area contributed by atoms with Crippen LogP contribution < -0.4 is 5.43 Å². The number of benzene rings is 3. The summed E-state index contributed by atoms with van der Waals surface area (Å²) in [6, 6.07) is 16.1. The van der Waals surface area contributed by atoms with E-state index in [1.807, 2.05) is 0 Å². The Balaban J connectivity index is 1.85. The highest BCUT2D eigenvalue weighted by Crippen LogP contribution is 2.35. The SMILES string of the molecule is CC(=O)c1ccc(-c2cc(C=CC(=O)N(C)NC=O)ccc2-c2nc3ccc([N+](=O)[O-])cc3n2O)cc1. The van der Waals surface area contributed by atoms with E-state index in [1.165, 1.54) is 38.2 Å². The van der Waals surface area contributed by atoms with E-state index in [9.17, 15) is 29.7 Å². The molecule has 11 heteroatoms. The summed E-state index contributed by atoms with van der Waals surface area (Å²) >= 11 is 0. The van der Waals surface area contributed by atoms with Crippen molar-refractivity contribution in [3.05, 3.63) is 88.0 Å². The molecule has 2 N–H and O–H groups in total. The Labute approximate surface area is 210 Å². The number of ketones is 1. The van der Waals surface area contributed by atoms with E-state index in [-0.39, 0.29) is 22.8 Å². The molecular formula is C26H21N5O6. The molecule has 3 aromatic carbocycles. The van der Waals surface area contributed by atoms with Gasteiger partial charge in [-0.05, 0) is 47.9 Å². The minimum absolute atomic E-state index is 0.0891. The minimum atomic E-state index is -0.557. The maximum absolute atomic E-state index is 12.2. The van der Waals surface area contributed by atoms with Crippen molar-refractivity contribution in [1.82, 2.24) is 20.1 Å². The van der Waals surface area contributed by atoms with Crippen LogP contribution in [0.2, 0.25) is 0 Å². The Bertz CT molecular complexity index is 1570. The number of hydrogen-bond donors (Lipinski definition) is 2. The van der Waals surface area contributed by atoms with Crippen molar-refractivity contribution in [2.45, 2.75) is 6.92 Å². The van der Waals surface area contributed by atoms with Gasteiger partial charge < -0.3 is 5.21 Å². The van der Waals surface area contributed by atoms with Crippen LogP contribution in [-0.2, 0) is 9.59 Å². The second-order valence-corrected chi connectivity index (χ2v) is 8.09. The van der Waals surface area contributed by atoms with Gasteiger partial charge >= 0.3 is 0 Å². The number of likely N-dealkylation sites (N-methyl/N-ethyl adjacent to an activating group) is 1. The molecule has 0 aliphatic carbocycles. The van der Waals surface area contributed by atoms with Gasteiger partial charge in [0.15, 0.2) is 11.6 Å². The third kappa shape index (κ3) is 5.05. The number of fused-ring (bicyclic) bond motifs is 1. The lowest BCUT2D eigenvalue weighted by atomic mass is 9.95. The molecule has 0 saturated carbocycles. The molecule has 1 aromatic heterocycles. The fourth-order valence-electron chi connectivity index (χ4n) is 3.75. The van der Waals surface area contributed by atoms with Crippen LogP contribution in [0.25, 0.3) is 39.6 Å². The molecule has 0 bridgehead atoms. The van der Waals surface area contributed by atoms with Gasteiger partial charge in [0.1, 0.15) is 5.52 Å². The van der Waals surface area contributed by atoms with Crippen LogP contribution in [-0.4, -0.2) is 50.0 Å². The highest BCUT2D eigenvalue weighted by atomic mass is 16.6. The zero-order valence-electron chi connectivity index (χ0n) is 19.8. The number of hydrogen-bond acceptors (Lipinski definition) is 7. The lowest BCUT2D eigenvalue weighted by Crippen LogP contribution is -2.37. The van der Waals surface area contributed by atoms with Crippen molar-refractivity contribution in [3.8, 4) is 22.5 Å². The van der Waals surface area contributed by atoms with E-state index in [0.29, 0.717) is 39.7 Å². The normalized spacial score (nSPS) is 11.0. The molecule has 4 aromatic rings. The Morgan fingerprint density at radius 1 is 1.08 bits per heavy atom. The summed E-state index contributed by atoms with van der Waals surface area (Å²) in [7, 11) is 1.41. The van der Waals surface area contributed by atoms with Crippen molar-refractivity contribution in [3.63, 3.8) is 0 Å². The quantitative estimate of drug-likeness (QED) is 0.0934. The lowest BCUT2D eigenvalue weighted by Gasteiger charge is -2.13. The Morgan fingerprint density at radius 3 is 2.46 bits per heavy atom. The summed E-state index contributed by atoms with van der Waals surface area (Å²) in [6.45, 7) is 1.46. The number of non-ortho nitro benzene ring substituents is 1. The molecule has 0 aliphatic heterocycles. The largest absolute Gasteiger partial charge is 0.426 e. The summed E-state index contributed by atoms with van der Waals surface area (Å²) in [5.74, 6) is -0.390. The number of nitro benzene ring substituents is 1. The molecule has 0 atom stereocenters. The van der Waals surface area contributed by atoms with Crippen molar-refractivity contribution >= 4 is 40.9 Å². The second kappa shape index (κ2) is 10.1. The van der Waals surface area contributed by atoms with Crippen LogP contribution in [0.15, 0.2) is 66.7 Å². The number of amides is 2. The molecule has 4 rings (SSSR count). The molecule has 2 amide bonds. The number of nitrogens with one attached hydrogen (secondary N) is 1. The summed E-state index contributed by atoms with van der Waals surface area (Å²) in [4.78, 5) is 49.6. The summed E-state index contributed by atoms with van der Waals surface area (Å²) < 4.78 is 0.796. The standard InChI is InChI=1S/C26H21N5O6/c1-16(33)18-5-7-19(8-6-18)22-13-17(4-12-25(34)29(2)27-15-32)3-10-21(22)26-28-23-11-9-20(31(36)37)14-24(23)30(26)35/h3-15,35H,1-2H3,(H,27,32). The lowest BCUT2D eigenvalue weighted by molar-refractivity contribution is -0.384. The number of rotatable bonds is 8. The number of hydrazine groups is 1. The Hall–Kier alpha value is -5.32. The predicted octanol–water partition coefficient (Wildman–Crippen LogP) is 3.85. The minimum Gasteiger partial charge on any atom is -0.426 e. The van der Waals surface area contributed by atoms with E-state index in [4.69, 9.17) is 0 Å². The molecule has 0 saturated heterocycles. The molecule has 1 heterocycles. The zero-order valence-corrected chi connectivity index (χ0v) is 19.8. The molecule has 0 spiro atoms. The molecule has 186 valence electrons. The van der Waals surface area contributed by atoms with Gasteiger partial charge in [0.2, 0.25) is 6.41 Å². The highest BCUT2D eigenvalue weighted by molar-refractivity contribution is 5.96. The van der Waals surface area contributed by atoms with Crippen molar-refractivity contribution in [2.24, 2.45) is 0 Å². The number of aromatic nitrogens is 2. The predicted molar refractivity (Wildman–Crippen MR) is 135 cm³/mol. The zero-order chi connectivity index (χ0) is 26.7. The van der Waals surface area contributed by atoms with Gasteiger partial charge in [0.25, 0.3) is 11.6 Å². The third-order valence-electron chi connectivity index (χ3n) is 5.71. The fourth-order valence-corrected chi connectivity index (χ4v) is 3.75. The van der Waals surface area contributed by atoms with Crippen LogP contribution in [0.1, 0.15) is 22.8 Å². The summed E-state index contributed by atoms with van der Waals surface area (Å²) in [5, 5.41) is 23.1. The van der Waals surface area contributed by atoms with Crippen LogP contribution in [0.4, 0.5) is 5.69 Å². The van der Waals surface area contributed by atoms with Crippen LogP contribution >= 0.6 is 0 Å². The number of nitro groups is 1. The summed E-state index contributed by atoms with van der Waals surface area (Å²) in [6.07, 6.45) is 3.24. The first-order valence-corrected chi connectivity index (χ1v) is 11.0. The van der Waals surface area contributed by atoms with Gasteiger partial charge in [-0.25, -0.2) is 4.98 Å². The Kier molecular flexibility index (Phi) is 6.78. The number of imidazole rings is 1. The van der Waals surface area contributed by atoms with Crippen molar-refractivity contribution in [1.29, 1.82) is 0 Å². The van der Waals surface area contributed by atoms with Crippen LogP contribution in [0, 0.1) is 10.1 Å². The summed E-state index contributed by atoms with van der Waals surface area (Å²) in [5.41, 5.74) is 5.60. The van der Waals surface area contributed by atoms with E-state index < -0.39 is 10.8 Å². The Morgan fingerprint density at radius 2 is 1.81 bits per heavy atom. The van der Waals surface area contributed by atoms with E-state index >= 15 is 0 Å². The molecule has 11 nitrogen and oxygen atoms in total. The van der Waals surface area contributed by atoms with E-state index in [2.05, 4.69) is 10.4 Å². The molecule has 0 radical (unpaired) electrons. The van der Waals surface area contributed by atoms with Gasteiger partial charge in [-0.15, -0.1) is 0 Å². The number of nitrogens with zero attached hydrogens (tertiary/aromatic N) is 4. The molecule has 0 fully saturated rings. The first kappa shape index (κ1) is 24.8. The van der Waals surface area contributed by atoms with E-state index in [0.717, 1.165) is 9.74 Å². The molecule has 0 unspecified atom stereocenters. The van der Waals surface area contributed by atoms with Crippen molar-refractivity contribution < 1.29 is 24.5 Å². The van der Waals surface area contributed by atoms with Gasteiger partial charge in [0, 0.05) is 36.4 Å². The van der Waals surface area contributed by atoms with Gasteiger partial charge in [-0.2, -0.15) is 4.73 Å². The number of Topliss-reactive ketones (excluding diaryl/α,β-unsaturated/α-hetero) is 1. The van der Waals surface area contributed by atoms with E-state index in [1.54, 1.807) is 48.5 Å². The second-order valence-electron chi connectivity index (χ2n) is 8.09. The van der Waals surface area contributed by atoms with Crippen LogP contribution in [0.3, 0.4) is 0 Å². The van der Waals surface area contributed by atoms with Crippen molar-refractivity contribution in [2.75, 3.05) is 7.05 Å². The average molecular weight is 499 g/mol. The highest BCUT2D eigenvalue weighted by Gasteiger charge is 2.19. The third-order valence-corrected chi connectivity index (χ3v) is 5.71. The average Bonchev–Trinajstić information content (AvgIpc) is 3.22. The number of carbonyl (C=O) groups excluding carboxylic acids is 3. The molecule has 37 heavy (non-hydrogen) atoms. The maximum Gasteiger partial charge on any atom is 0.271 e. The first-order chi connectivity index (χ1) is 17.7. The maximum atomic E-state index is 12.2. The number of carbonyl (C=O) groups is 3. The molecule has 0 aliphatic rings. The topological polar surface area (TPSA) is 148 Å². The smallest absolute Gasteiger partial charge is 0.271 e. The fraction of sp³-hybridized carbons (Fsp3) is 0.0769. The van der Waals surface area contributed by atoms with Gasteiger partial charge in [0.05, 0.1) is 10.4 Å². The van der Waals surface area contributed by atoms with Gasteiger partial charge in [-0.1, -0.05) is 30.3 Å². The van der Waals surface area contributed by atoms with Gasteiger partial charge in [-0.3, -0.25) is 34.9 Å². The molecular weight excluding hydrogens is 478 g/mol.